The topological polar surface area (TPSA) is 91.1 Å². The summed E-state index contributed by atoms with van der Waals surface area (Å²) in [4.78, 5) is 12.3. The largest absolute Gasteiger partial charge is 0.383 e. The molecular formula is C12H12N6O. The molecule has 0 aliphatic heterocycles. The Morgan fingerprint density at radius 2 is 2.05 bits per heavy atom. The van der Waals surface area contributed by atoms with E-state index in [9.17, 15) is 4.79 Å². The Kier molecular flexibility index (Phi) is 2.34. The molecule has 2 N–H and O–H groups in total. The van der Waals surface area contributed by atoms with Crippen molar-refractivity contribution in [2.45, 2.75) is 13.8 Å². The molecular weight excluding hydrogens is 244 g/mol. The number of carbonyl (C=O) groups is 1. The minimum atomic E-state index is -0.284. The van der Waals surface area contributed by atoms with E-state index >= 15 is 0 Å². The van der Waals surface area contributed by atoms with Gasteiger partial charge in [-0.15, -0.1) is 10.2 Å². The first kappa shape index (κ1) is 11.4. The molecule has 7 nitrogen and oxygen atoms in total. The molecule has 0 amide bonds. The highest BCUT2D eigenvalue weighted by Gasteiger charge is 2.14. The molecule has 0 saturated carbocycles. The fourth-order valence-electron chi connectivity index (χ4n) is 1.95. The number of aryl methyl sites for hydroxylation is 2. The third kappa shape index (κ3) is 1.75. The van der Waals surface area contributed by atoms with Crippen molar-refractivity contribution in [3.63, 3.8) is 0 Å². The molecule has 0 aliphatic carbocycles. The van der Waals surface area contributed by atoms with Gasteiger partial charge in [-0.05, 0) is 26.0 Å². The molecule has 7 heteroatoms. The standard InChI is InChI=1S/C12H12N6O/c1-7-5-10(13)18(16-7)12(19)9-3-4-17-8(2)14-15-11(17)6-9/h3-6H,13H2,1-2H3. The quantitative estimate of drug-likeness (QED) is 0.695. The van der Waals surface area contributed by atoms with E-state index in [1.54, 1.807) is 35.7 Å². The van der Waals surface area contributed by atoms with E-state index in [0.29, 0.717) is 22.7 Å². The van der Waals surface area contributed by atoms with Crippen LogP contribution in [0.3, 0.4) is 0 Å². The van der Waals surface area contributed by atoms with Crippen molar-refractivity contribution in [2.24, 2.45) is 0 Å². The summed E-state index contributed by atoms with van der Waals surface area (Å²) in [7, 11) is 0. The minimum Gasteiger partial charge on any atom is -0.383 e. The minimum absolute atomic E-state index is 0.284. The zero-order chi connectivity index (χ0) is 13.6. The van der Waals surface area contributed by atoms with Crippen LogP contribution in [-0.2, 0) is 0 Å². The maximum Gasteiger partial charge on any atom is 0.280 e. The number of hydrogen-bond donors (Lipinski definition) is 1. The second-order valence-corrected chi connectivity index (χ2v) is 4.32. The van der Waals surface area contributed by atoms with Gasteiger partial charge in [0.2, 0.25) is 0 Å². The highest BCUT2D eigenvalue weighted by Crippen LogP contribution is 2.12. The molecule has 3 heterocycles. The molecule has 3 aromatic heterocycles. The number of pyridine rings is 1. The van der Waals surface area contributed by atoms with Crippen LogP contribution in [0, 0.1) is 13.8 Å². The number of fused-ring (bicyclic) bond motifs is 1. The van der Waals surface area contributed by atoms with Crippen LogP contribution in [0.4, 0.5) is 5.82 Å². The van der Waals surface area contributed by atoms with Gasteiger partial charge in [0.15, 0.2) is 5.65 Å². The lowest BCUT2D eigenvalue weighted by Crippen LogP contribution is -2.16. The van der Waals surface area contributed by atoms with E-state index < -0.39 is 0 Å². The molecule has 3 rings (SSSR count). The summed E-state index contributed by atoms with van der Waals surface area (Å²) in [6.07, 6.45) is 1.75. The molecule has 0 unspecified atom stereocenters. The van der Waals surface area contributed by atoms with Gasteiger partial charge in [0.1, 0.15) is 11.6 Å². The van der Waals surface area contributed by atoms with E-state index in [-0.39, 0.29) is 5.91 Å². The lowest BCUT2D eigenvalue weighted by atomic mass is 10.2. The maximum absolute atomic E-state index is 12.3. The van der Waals surface area contributed by atoms with Crippen molar-refractivity contribution >= 4 is 17.4 Å². The first-order chi connectivity index (χ1) is 9.06. The molecule has 0 bridgehead atoms. The molecule has 0 radical (unpaired) electrons. The van der Waals surface area contributed by atoms with E-state index in [2.05, 4.69) is 15.3 Å². The van der Waals surface area contributed by atoms with Crippen LogP contribution in [-0.4, -0.2) is 30.3 Å². The SMILES string of the molecule is Cc1cc(N)n(C(=O)c2ccn3c(C)nnc3c2)n1. The van der Waals surface area contributed by atoms with Crippen molar-refractivity contribution in [1.29, 1.82) is 0 Å². The van der Waals surface area contributed by atoms with E-state index in [0.717, 1.165) is 5.82 Å². The Bertz CT molecular complexity index is 785. The monoisotopic (exact) mass is 256 g/mol. The Labute approximate surface area is 108 Å². The molecule has 0 atom stereocenters. The molecule has 0 fully saturated rings. The lowest BCUT2D eigenvalue weighted by molar-refractivity contribution is 0.0947. The number of anilines is 1. The van der Waals surface area contributed by atoms with Crippen molar-refractivity contribution in [3.8, 4) is 0 Å². The summed E-state index contributed by atoms with van der Waals surface area (Å²) < 4.78 is 2.98. The third-order valence-electron chi connectivity index (χ3n) is 2.88. The molecule has 0 saturated heterocycles. The van der Waals surface area contributed by atoms with Crippen molar-refractivity contribution < 1.29 is 4.79 Å². The van der Waals surface area contributed by atoms with E-state index in [4.69, 9.17) is 5.73 Å². The van der Waals surface area contributed by atoms with Crippen molar-refractivity contribution in [3.05, 3.63) is 41.5 Å². The van der Waals surface area contributed by atoms with Gasteiger partial charge in [-0.1, -0.05) is 0 Å². The zero-order valence-electron chi connectivity index (χ0n) is 10.5. The highest BCUT2D eigenvalue weighted by molar-refractivity contribution is 5.97. The number of aromatic nitrogens is 5. The van der Waals surface area contributed by atoms with E-state index in [1.165, 1.54) is 4.68 Å². The molecule has 3 aromatic rings. The molecule has 19 heavy (non-hydrogen) atoms. The summed E-state index contributed by atoms with van der Waals surface area (Å²) in [5.41, 5.74) is 7.53. The second kappa shape index (κ2) is 3.91. The Hall–Kier alpha value is -2.70. The zero-order valence-corrected chi connectivity index (χ0v) is 10.5. The van der Waals surface area contributed by atoms with Crippen LogP contribution in [0.1, 0.15) is 21.9 Å². The normalized spacial score (nSPS) is 11.1. The fourth-order valence-corrected chi connectivity index (χ4v) is 1.95. The summed E-state index contributed by atoms with van der Waals surface area (Å²) in [5, 5.41) is 12.0. The first-order valence-corrected chi connectivity index (χ1v) is 5.74. The second-order valence-electron chi connectivity index (χ2n) is 4.32. The Morgan fingerprint density at radius 3 is 2.74 bits per heavy atom. The van der Waals surface area contributed by atoms with Gasteiger partial charge in [-0.3, -0.25) is 9.20 Å². The average molecular weight is 256 g/mol. The van der Waals surface area contributed by atoms with Crippen LogP contribution < -0.4 is 5.73 Å². The smallest absolute Gasteiger partial charge is 0.280 e. The van der Waals surface area contributed by atoms with Gasteiger partial charge in [-0.25, -0.2) is 0 Å². The predicted octanol–water partition coefficient (Wildman–Crippen LogP) is 0.813. The van der Waals surface area contributed by atoms with Gasteiger partial charge in [0.05, 0.1) is 5.69 Å². The van der Waals surface area contributed by atoms with Crippen LogP contribution in [0.2, 0.25) is 0 Å². The number of nitrogens with zero attached hydrogens (tertiary/aromatic N) is 5. The predicted molar refractivity (Wildman–Crippen MR) is 68.8 cm³/mol. The van der Waals surface area contributed by atoms with Crippen LogP contribution in [0.5, 0.6) is 0 Å². The summed E-state index contributed by atoms with van der Waals surface area (Å²) in [6.45, 7) is 3.63. The number of hydrogen-bond acceptors (Lipinski definition) is 5. The van der Waals surface area contributed by atoms with Gasteiger partial charge >= 0.3 is 0 Å². The fraction of sp³-hybridized carbons (Fsp3) is 0.167. The summed E-state index contributed by atoms with van der Waals surface area (Å²) in [6, 6.07) is 5.01. The van der Waals surface area contributed by atoms with Crippen LogP contribution >= 0.6 is 0 Å². The number of carbonyl (C=O) groups excluding carboxylic acids is 1. The Balaban J connectivity index is 2.09. The van der Waals surface area contributed by atoms with Crippen molar-refractivity contribution in [2.75, 3.05) is 5.73 Å². The molecule has 96 valence electrons. The number of nitrogens with two attached hydrogens (primary N) is 1. The average Bonchev–Trinajstić information content (AvgIpc) is 2.92. The first-order valence-electron chi connectivity index (χ1n) is 5.74. The van der Waals surface area contributed by atoms with Gasteiger partial charge in [-0.2, -0.15) is 9.78 Å². The van der Waals surface area contributed by atoms with Crippen LogP contribution in [0.15, 0.2) is 24.4 Å². The lowest BCUT2D eigenvalue weighted by Gasteiger charge is -2.03. The van der Waals surface area contributed by atoms with Gasteiger partial charge in [0, 0.05) is 17.8 Å². The number of nitrogen functional groups attached to an aromatic ring is 1. The number of rotatable bonds is 1. The molecule has 0 aromatic carbocycles. The van der Waals surface area contributed by atoms with Crippen LogP contribution in [0.25, 0.3) is 5.65 Å². The highest BCUT2D eigenvalue weighted by atomic mass is 16.2. The third-order valence-corrected chi connectivity index (χ3v) is 2.88. The summed E-state index contributed by atoms with van der Waals surface area (Å²) >= 11 is 0. The van der Waals surface area contributed by atoms with Gasteiger partial charge < -0.3 is 5.73 Å². The van der Waals surface area contributed by atoms with Crippen molar-refractivity contribution in [1.82, 2.24) is 24.4 Å². The Morgan fingerprint density at radius 1 is 1.26 bits per heavy atom. The van der Waals surface area contributed by atoms with Gasteiger partial charge in [0.25, 0.3) is 5.91 Å². The maximum atomic E-state index is 12.3. The molecule has 0 aliphatic rings. The van der Waals surface area contributed by atoms with E-state index in [1.807, 2.05) is 6.92 Å². The molecule has 0 spiro atoms. The summed E-state index contributed by atoms with van der Waals surface area (Å²) in [5.74, 6) is 0.803.